The molecule has 0 fully saturated rings. The topological polar surface area (TPSA) is 27.7 Å². The van der Waals surface area contributed by atoms with Crippen molar-refractivity contribution in [2.75, 3.05) is 21.3 Å². The van der Waals surface area contributed by atoms with Gasteiger partial charge in [0.1, 0.15) is 0 Å². The van der Waals surface area contributed by atoms with Crippen molar-refractivity contribution in [2.45, 2.75) is 38.2 Å². The zero-order valence-electron chi connectivity index (χ0n) is 10.3. The quantitative estimate of drug-likeness (QED) is 0.636. The van der Waals surface area contributed by atoms with Crippen molar-refractivity contribution < 1.29 is 13.3 Å². The Morgan fingerprint density at radius 2 is 1.29 bits per heavy atom. The van der Waals surface area contributed by atoms with E-state index in [1.807, 2.05) is 7.11 Å². The molecule has 0 aromatic rings. The standard InChI is InChI=1S/C9H24O3Si2/c1-10-13(4,5)8-7-9-14(6,11-2)12-3/h7-9H2,1-6H3. The van der Waals surface area contributed by atoms with Gasteiger partial charge in [0, 0.05) is 21.3 Å². The lowest BCUT2D eigenvalue weighted by Crippen LogP contribution is -2.37. The largest absolute Gasteiger partial charge is 0.420 e. The molecular formula is C9H24O3Si2. The third-order valence-corrected chi connectivity index (χ3v) is 8.48. The average Bonchev–Trinajstić information content (AvgIpc) is 2.17. The fraction of sp³-hybridized carbons (Fsp3) is 1.00. The van der Waals surface area contributed by atoms with Crippen LogP contribution in [0.3, 0.4) is 0 Å². The molecular weight excluding hydrogens is 212 g/mol. The summed E-state index contributed by atoms with van der Waals surface area (Å²) in [6, 6.07) is 2.23. The summed E-state index contributed by atoms with van der Waals surface area (Å²) >= 11 is 0. The van der Waals surface area contributed by atoms with Crippen LogP contribution in [0.5, 0.6) is 0 Å². The molecule has 0 saturated carbocycles. The maximum Gasteiger partial charge on any atom is 0.334 e. The first-order valence-electron chi connectivity index (χ1n) is 5.04. The molecule has 0 amide bonds. The van der Waals surface area contributed by atoms with E-state index in [-0.39, 0.29) is 0 Å². The van der Waals surface area contributed by atoms with Crippen LogP contribution in [0.4, 0.5) is 0 Å². The van der Waals surface area contributed by atoms with Crippen LogP contribution in [0.25, 0.3) is 0 Å². The van der Waals surface area contributed by atoms with Crippen molar-refractivity contribution in [1.29, 1.82) is 0 Å². The summed E-state index contributed by atoms with van der Waals surface area (Å²) in [6.45, 7) is 6.59. The van der Waals surface area contributed by atoms with Crippen molar-refractivity contribution in [3.8, 4) is 0 Å². The minimum Gasteiger partial charge on any atom is -0.420 e. The molecule has 0 aliphatic carbocycles. The molecule has 14 heavy (non-hydrogen) atoms. The molecule has 0 atom stereocenters. The smallest absolute Gasteiger partial charge is 0.334 e. The van der Waals surface area contributed by atoms with E-state index in [9.17, 15) is 0 Å². The number of hydrogen-bond acceptors (Lipinski definition) is 3. The van der Waals surface area contributed by atoms with E-state index in [0.29, 0.717) is 0 Å². The summed E-state index contributed by atoms with van der Waals surface area (Å²) in [7, 11) is 2.07. The Morgan fingerprint density at radius 3 is 1.64 bits per heavy atom. The molecule has 0 aromatic carbocycles. The summed E-state index contributed by atoms with van der Waals surface area (Å²) in [4.78, 5) is 0. The third kappa shape index (κ3) is 5.26. The Labute approximate surface area is 90.1 Å². The predicted molar refractivity (Wildman–Crippen MR) is 64.4 cm³/mol. The summed E-state index contributed by atoms with van der Waals surface area (Å²) in [6.07, 6.45) is 1.15. The van der Waals surface area contributed by atoms with Gasteiger partial charge in [0.2, 0.25) is 0 Å². The Kier molecular flexibility index (Phi) is 6.15. The van der Waals surface area contributed by atoms with Crippen LogP contribution in [-0.4, -0.2) is 38.2 Å². The molecule has 0 aliphatic heterocycles. The van der Waals surface area contributed by atoms with Gasteiger partial charge in [0.05, 0.1) is 0 Å². The van der Waals surface area contributed by atoms with Gasteiger partial charge in [-0.05, 0) is 31.7 Å². The minimum atomic E-state index is -1.84. The highest BCUT2D eigenvalue weighted by Gasteiger charge is 2.30. The first-order valence-corrected chi connectivity index (χ1v) is 10.7. The van der Waals surface area contributed by atoms with Crippen molar-refractivity contribution >= 4 is 16.9 Å². The first-order chi connectivity index (χ1) is 6.39. The molecule has 0 unspecified atom stereocenters. The lowest BCUT2D eigenvalue weighted by Gasteiger charge is -2.25. The Bertz CT molecular complexity index is 158. The van der Waals surface area contributed by atoms with Gasteiger partial charge < -0.3 is 13.3 Å². The van der Waals surface area contributed by atoms with Crippen LogP contribution >= 0.6 is 0 Å². The SMILES string of the molecule is CO[Si](C)(C)CCC[Si](C)(OC)OC. The van der Waals surface area contributed by atoms with Crippen molar-refractivity contribution in [2.24, 2.45) is 0 Å². The van der Waals surface area contributed by atoms with Crippen molar-refractivity contribution in [3.05, 3.63) is 0 Å². The van der Waals surface area contributed by atoms with Crippen LogP contribution in [0, 0.1) is 0 Å². The average molecular weight is 236 g/mol. The molecule has 3 nitrogen and oxygen atoms in total. The molecule has 0 aromatic heterocycles. The molecule has 0 N–H and O–H groups in total. The van der Waals surface area contributed by atoms with E-state index in [0.717, 1.165) is 12.5 Å². The predicted octanol–water partition coefficient (Wildman–Crippen LogP) is 2.59. The molecule has 0 saturated heterocycles. The van der Waals surface area contributed by atoms with Crippen molar-refractivity contribution in [3.63, 3.8) is 0 Å². The lowest BCUT2D eigenvalue weighted by molar-refractivity contribution is 0.249. The summed E-state index contributed by atoms with van der Waals surface area (Å²) in [5.41, 5.74) is 0. The fourth-order valence-electron chi connectivity index (χ4n) is 1.22. The van der Waals surface area contributed by atoms with Crippen LogP contribution < -0.4 is 0 Å². The molecule has 5 heteroatoms. The molecule has 0 bridgehead atoms. The van der Waals surface area contributed by atoms with Crippen LogP contribution in [0.1, 0.15) is 6.42 Å². The van der Waals surface area contributed by atoms with Crippen LogP contribution in [0.15, 0.2) is 0 Å². The Morgan fingerprint density at radius 1 is 0.786 bits per heavy atom. The molecule has 0 aliphatic rings. The van der Waals surface area contributed by atoms with E-state index in [1.54, 1.807) is 14.2 Å². The minimum absolute atomic E-state index is 1.06. The zero-order valence-corrected chi connectivity index (χ0v) is 12.3. The second kappa shape index (κ2) is 6.02. The van der Waals surface area contributed by atoms with Gasteiger partial charge in [-0.2, -0.15) is 0 Å². The maximum atomic E-state index is 5.49. The Hall–Kier alpha value is 0.314. The Balaban J connectivity index is 3.83. The summed E-state index contributed by atoms with van der Waals surface area (Å²) in [5.74, 6) is 0. The monoisotopic (exact) mass is 236 g/mol. The molecule has 86 valence electrons. The highest BCUT2D eigenvalue weighted by atomic mass is 28.4. The number of hydrogen-bond donors (Lipinski definition) is 0. The van der Waals surface area contributed by atoms with Gasteiger partial charge >= 0.3 is 8.56 Å². The van der Waals surface area contributed by atoms with Crippen LogP contribution in [-0.2, 0) is 13.3 Å². The maximum absolute atomic E-state index is 5.49. The van der Waals surface area contributed by atoms with E-state index >= 15 is 0 Å². The van der Waals surface area contributed by atoms with Gasteiger partial charge in [-0.1, -0.05) is 6.42 Å². The normalized spacial score (nSPS) is 13.3. The van der Waals surface area contributed by atoms with Gasteiger partial charge in [0.15, 0.2) is 8.32 Å². The van der Waals surface area contributed by atoms with Crippen molar-refractivity contribution in [1.82, 2.24) is 0 Å². The van der Waals surface area contributed by atoms with E-state index in [1.165, 1.54) is 6.04 Å². The first kappa shape index (κ1) is 14.3. The van der Waals surface area contributed by atoms with E-state index < -0.39 is 16.9 Å². The van der Waals surface area contributed by atoms with Gasteiger partial charge in [-0.3, -0.25) is 0 Å². The van der Waals surface area contributed by atoms with Crippen LogP contribution in [0.2, 0.25) is 31.7 Å². The fourth-order valence-corrected chi connectivity index (χ4v) is 4.20. The summed E-state index contributed by atoms with van der Waals surface area (Å²) < 4.78 is 16.3. The zero-order chi connectivity index (χ0) is 11.2. The second-order valence-corrected chi connectivity index (χ2v) is 12.4. The lowest BCUT2D eigenvalue weighted by atomic mass is 10.6. The summed E-state index contributed by atoms with van der Waals surface area (Å²) in [5, 5.41) is 0. The van der Waals surface area contributed by atoms with Gasteiger partial charge in [-0.25, -0.2) is 0 Å². The molecule has 0 spiro atoms. The van der Waals surface area contributed by atoms with Gasteiger partial charge in [-0.15, -0.1) is 0 Å². The molecule has 0 radical (unpaired) electrons. The number of rotatable bonds is 7. The third-order valence-electron chi connectivity index (χ3n) is 2.83. The highest BCUT2D eigenvalue weighted by molar-refractivity contribution is 6.71. The van der Waals surface area contributed by atoms with E-state index in [2.05, 4.69) is 19.6 Å². The van der Waals surface area contributed by atoms with E-state index in [4.69, 9.17) is 13.3 Å². The van der Waals surface area contributed by atoms with Gasteiger partial charge in [0.25, 0.3) is 0 Å². The molecule has 0 heterocycles. The molecule has 0 rings (SSSR count). The highest BCUT2D eigenvalue weighted by Crippen LogP contribution is 2.20. The second-order valence-electron chi connectivity index (χ2n) is 4.36.